The molecule has 0 spiro atoms. The van der Waals surface area contributed by atoms with Crippen molar-refractivity contribution in [3.8, 4) is 0 Å². The Morgan fingerprint density at radius 2 is 2.29 bits per heavy atom. The second-order valence-electron chi connectivity index (χ2n) is 3.41. The van der Waals surface area contributed by atoms with E-state index in [-0.39, 0.29) is 12.1 Å². The van der Waals surface area contributed by atoms with Crippen molar-refractivity contribution in [2.45, 2.75) is 26.9 Å². The Hall–Kier alpha value is -1.14. The van der Waals surface area contributed by atoms with E-state index in [1.165, 1.54) is 11.3 Å². The summed E-state index contributed by atoms with van der Waals surface area (Å²) in [6, 6.07) is 0. The van der Waals surface area contributed by atoms with Crippen molar-refractivity contribution in [2.24, 2.45) is 0 Å². The van der Waals surface area contributed by atoms with Gasteiger partial charge in [-0.15, -0.1) is 11.3 Å². The maximum Gasteiger partial charge on any atom is 0.357 e. The van der Waals surface area contributed by atoms with Crippen LogP contribution in [0.2, 0.25) is 0 Å². The van der Waals surface area contributed by atoms with Crippen molar-refractivity contribution >= 4 is 22.4 Å². The van der Waals surface area contributed by atoms with Crippen LogP contribution in [0, 0.1) is 0 Å². The van der Waals surface area contributed by atoms with Crippen molar-refractivity contribution in [1.82, 2.24) is 4.98 Å². The Balaban J connectivity index is 2.43. The van der Waals surface area contributed by atoms with Crippen LogP contribution in [0.1, 0.15) is 31.3 Å². The third-order valence-electron chi connectivity index (χ3n) is 1.98. The lowest BCUT2D eigenvalue weighted by Gasteiger charge is -2.11. The highest BCUT2D eigenvalue weighted by Gasteiger charge is 2.11. The number of esters is 1. The van der Waals surface area contributed by atoms with E-state index in [9.17, 15) is 4.79 Å². The monoisotopic (exact) mass is 258 g/mol. The average Bonchev–Trinajstić information content (AvgIpc) is 2.76. The minimum Gasteiger partial charge on any atom is -0.461 e. The zero-order valence-electron chi connectivity index (χ0n) is 10.4. The molecule has 0 aliphatic carbocycles. The average molecular weight is 258 g/mol. The van der Waals surface area contributed by atoms with Gasteiger partial charge in [0.05, 0.1) is 12.7 Å². The molecule has 1 aromatic heterocycles. The molecule has 1 aromatic rings. The molecular formula is C11H18N2O3S. The van der Waals surface area contributed by atoms with E-state index in [0.717, 1.165) is 0 Å². The van der Waals surface area contributed by atoms with Crippen molar-refractivity contribution < 1.29 is 14.3 Å². The summed E-state index contributed by atoms with van der Waals surface area (Å²) in [4.78, 5) is 15.5. The number of ether oxygens (including phenoxy) is 2. The molecule has 0 fully saturated rings. The zero-order chi connectivity index (χ0) is 12.7. The van der Waals surface area contributed by atoms with Gasteiger partial charge in [-0.3, -0.25) is 0 Å². The fraction of sp³-hybridized carbons (Fsp3) is 0.636. The summed E-state index contributed by atoms with van der Waals surface area (Å²) >= 11 is 1.39. The number of nitrogens with zero attached hydrogens (tertiary/aromatic N) is 1. The van der Waals surface area contributed by atoms with Gasteiger partial charge in [-0.1, -0.05) is 0 Å². The SMILES string of the molecule is CCOC(=O)c1csc(NCC(C)OCC)n1. The van der Waals surface area contributed by atoms with Crippen LogP contribution >= 0.6 is 11.3 Å². The first-order chi connectivity index (χ1) is 8.17. The first-order valence-corrected chi connectivity index (χ1v) is 6.53. The van der Waals surface area contributed by atoms with Gasteiger partial charge in [0.15, 0.2) is 10.8 Å². The van der Waals surface area contributed by atoms with Crippen molar-refractivity contribution in [3.63, 3.8) is 0 Å². The van der Waals surface area contributed by atoms with Gasteiger partial charge in [0.1, 0.15) is 0 Å². The molecule has 1 rings (SSSR count). The van der Waals surface area contributed by atoms with Gasteiger partial charge in [0.25, 0.3) is 0 Å². The Morgan fingerprint density at radius 1 is 1.53 bits per heavy atom. The number of hydrogen-bond donors (Lipinski definition) is 1. The van der Waals surface area contributed by atoms with Gasteiger partial charge >= 0.3 is 5.97 Å². The quantitative estimate of drug-likeness (QED) is 0.759. The normalized spacial score (nSPS) is 12.2. The minimum absolute atomic E-state index is 0.120. The number of rotatable bonds is 7. The maximum absolute atomic E-state index is 11.4. The van der Waals surface area contributed by atoms with Crippen LogP contribution in [0.5, 0.6) is 0 Å². The van der Waals surface area contributed by atoms with Crippen molar-refractivity contribution in [1.29, 1.82) is 0 Å². The highest BCUT2D eigenvalue weighted by molar-refractivity contribution is 7.13. The van der Waals surface area contributed by atoms with Gasteiger partial charge in [-0.25, -0.2) is 9.78 Å². The van der Waals surface area contributed by atoms with Crippen LogP contribution in [0.15, 0.2) is 5.38 Å². The van der Waals surface area contributed by atoms with Gasteiger partial charge in [0.2, 0.25) is 0 Å². The van der Waals surface area contributed by atoms with Crippen LogP contribution in [-0.4, -0.2) is 36.8 Å². The van der Waals surface area contributed by atoms with E-state index in [0.29, 0.717) is 30.6 Å². The molecule has 0 saturated carbocycles. The largest absolute Gasteiger partial charge is 0.461 e. The van der Waals surface area contributed by atoms with Gasteiger partial charge in [-0.2, -0.15) is 0 Å². The Kier molecular flexibility index (Phi) is 5.93. The minimum atomic E-state index is -0.380. The lowest BCUT2D eigenvalue weighted by Crippen LogP contribution is -2.19. The molecule has 0 aromatic carbocycles. The molecule has 6 heteroatoms. The summed E-state index contributed by atoms with van der Waals surface area (Å²) in [7, 11) is 0. The third kappa shape index (κ3) is 4.70. The van der Waals surface area contributed by atoms with E-state index < -0.39 is 0 Å². The molecule has 0 amide bonds. The fourth-order valence-corrected chi connectivity index (χ4v) is 1.92. The van der Waals surface area contributed by atoms with Gasteiger partial charge < -0.3 is 14.8 Å². The van der Waals surface area contributed by atoms with E-state index in [1.807, 2.05) is 13.8 Å². The molecule has 1 heterocycles. The molecule has 1 N–H and O–H groups in total. The highest BCUT2D eigenvalue weighted by atomic mass is 32.1. The third-order valence-corrected chi connectivity index (χ3v) is 2.78. The van der Waals surface area contributed by atoms with Gasteiger partial charge in [0, 0.05) is 18.5 Å². The molecule has 0 aliphatic rings. The molecule has 0 aliphatic heterocycles. The highest BCUT2D eigenvalue weighted by Crippen LogP contribution is 2.16. The second-order valence-corrected chi connectivity index (χ2v) is 4.26. The topological polar surface area (TPSA) is 60.5 Å². The molecule has 1 atom stereocenters. The summed E-state index contributed by atoms with van der Waals surface area (Å²) in [5.41, 5.74) is 0.350. The first kappa shape index (κ1) is 13.9. The van der Waals surface area contributed by atoms with Crippen LogP contribution in [0.4, 0.5) is 5.13 Å². The van der Waals surface area contributed by atoms with E-state index in [2.05, 4.69) is 10.3 Å². The lowest BCUT2D eigenvalue weighted by molar-refractivity contribution is 0.0520. The first-order valence-electron chi connectivity index (χ1n) is 5.65. The smallest absolute Gasteiger partial charge is 0.357 e. The lowest BCUT2D eigenvalue weighted by atomic mass is 10.4. The van der Waals surface area contributed by atoms with Crippen molar-refractivity contribution in [3.05, 3.63) is 11.1 Å². The summed E-state index contributed by atoms with van der Waals surface area (Å²) in [6.07, 6.45) is 0.120. The van der Waals surface area contributed by atoms with Crippen LogP contribution in [-0.2, 0) is 9.47 Å². The molecule has 0 radical (unpaired) electrons. The fourth-order valence-electron chi connectivity index (χ4n) is 1.23. The molecule has 1 unspecified atom stereocenters. The van der Waals surface area contributed by atoms with Crippen molar-refractivity contribution in [2.75, 3.05) is 25.1 Å². The van der Waals surface area contributed by atoms with Crippen LogP contribution in [0.3, 0.4) is 0 Å². The molecule has 0 bridgehead atoms. The standard InChI is InChI=1S/C11H18N2O3S/c1-4-15-8(3)6-12-11-13-9(7-17-11)10(14)16-5-2/h7-8H,4-6H2,1-3H3,(H,12,13). The molecule has 96 valence electrons. The predicted octanol–water partition coefficient (Wildman–Crippen LogP) is 2.16. The maximum atomic E-state index is 11.4. The number of aromatic nitrogens is 1. The number of anilines is 1. The predicted molar refractivity (Wildman–Crippen MR) is 67.6 cm³/mol. The Morgan fingerprint density at radius 3 is 2.94 bits per heavy atom. The van der Waals surface area contributed by atoms with Crippen LogP contribution in [0.25, 0.3) is 0 Å². The summed E-state index contributed by atoms with van der Waals surface area (Å²) in [5, 5.41) is 5.52. The summed E-state index contributed by atoms with van der Waals surface area (Å²) in [5.74, 6) is -0.380. The number of hydrogen-bond acceptors (Lipinski definition) is 6. The molecular weight excluding hydrogens is 240 g/mol. The summed E-state index contributed by atoms with van der Waals surface area (Å²) in [6.45, 7) is 7.43. The Bertz CT molecular complexity index is 354. The summed E-state index contributed by atoms with van der Waals surface area (Å²) < 4.78 is 10.2. The number of nitrogens with one attached hydrogen (secondary N) is 1. The Labute approximate surface area is 105 Å². The van der Waals surface area contributed by atoms with Gasteiger partial charge in [-0.05, 0) is 20.8 Å². The zero-order valence-corrected chi connectivity index (χ0v) is 11.2. The number of carbonyl (C=O) groups is 1. The van der Waals surface area contributed by atoms with E-state index >= 15 is 0 Å². The van der Waals surface area contributed by atoms with E-state index in [1.54, 1.807) is 12.3 Å². The molecule has 17 heavy (non-hydrogen) atoms. The second kappa shape index (κ2) is 7.24. The number of thiazole rings is 1. The number of carbonyl (C=O) groups excluding carboxylic acids is 1. The van der Waals surface area contributed by atoms with E-state index in [4.69, 9.17) is 9.47 Å². The molecule has 0 saturated heterocycles. The molecule has 5 nitrogen and oxygen atoms in total. The van der Waals surface area contributed by atoms with Crippen LogP contribution < -0.4 is 5.32 Å².